The van der Waals surface area contributed by atoms with Crippen LogP contribution in [-0.4, -0.2) is 33.3 Å². The van der Waals surface area contributed by atoms with Gasteiger partial charge in [0, 0.05) is 17.0 Å². The normalized spacial score (nSPS) is 17.5. The van der Waals surface area contributed by atoms with Crippen LogP contribution in [-0.2, 0) is 17.7 Å². The van der Waals surface area contributed by atoms with Gasteiger partial charge >= 0.3 is 0 Å². The van der Waals surface area contributed by atoms with Crippen LogP contribution in [0.4, 0.5) is 0 Å². The van der Waals surface area contributed by atoms with Gasteiger partial charge in [-0.2, -0.15) is 0 Å². The second kappa shape index (κ2) is 9.04. The third-order valence-corrected chi connectivity index (χ3v) is 7.68. The number of rotatable bonds is 7. The Morgan fingerprint density at radius 1 is 1.37 bits per heavy atom. The van der Waals surface area contributed by atoms with Crippen LogP contribution < -0.4 is 5.56 Å². The molecule has 2 unspecified atom stereocenters. The molecule has 1 aliphatic heterocycles. The zero-order chi connectivity index (χ0) is 21.3. The number of aromatic nitrogens is 2. The van der Waals surface area contributed by atoms with Gasteiger partial charge in [-0.3, -0.25) is 14.2 Å². The standard InChI is InChI=1S/C23H26N2O3S2/c1-4-18-14(2)29-21-19(18)22(27)25(13-17-11-8-12-28-17)23(24-21)30-15(3)20(26)16-9-6-5-7-10-16/h5-7,9-10,15,17H,4,8,11-13H2,1-3H3. The molecule has 2 aromatic heterocycles. The molecule has 0 saturated carbocycles. The molecule has 0 N–H and O–H groups in total. The lowest BCUT2D eigenvalue weighted by Crippen LogP contribution is -2.29. The molecule has 0 spiro atoms. The number of thiophene rings is 1. The summed E-state index contributed by atoms with van der Waals surface area (Å²) >= 11 is 2.92. The smallest absolute Gasteiger partial charge is 0.263 e. The topological polar surface area (TPSA) is 61.2 Å². The van der Waals surface area contributed by atoms with E-state index in [1.807, 2.05) is 44.2 Å². The summed E-state index contributed by atoms with van der Waals surface area (Å²) in [7, 11) is 0. The van der Waals surface area contributed by atoms with E-state index in [-0.39, 0.29) is 22.7 Å². The van der Waals surface area contributed by atoms with Crippen molar-refractivity contribution in [2.75, 3.05) is 6.61 Å². The van der Waals surface area contributed by atoms with E-state index in [9.17, 15) is 9.59 Å². The van der Waals surface area contributed by atoms with Crippen molar-refractivity contribution in [2.24, 2.45) is 0 Å². The lowest BCUT2D eigenvalue weighted by atomic mass is 10.1. The number of thioether (sulfide) groups is 1. The maximum Gasteiger partial charge on any atom is 0.263 e. The molecule has 3 heterocycles. The van der Waals surface area contributed by atoms with Gasteiger partial charge in [0.1, 0.15) is 4.83 Å². The first-order valence-electron chi connectivity index (χ1n) is 10.4. The van der Waals surface area contributed by atoms with Crippen LogP contribution in [0.15, 0.2) is 40.3 Å². The summed E-state index contributed by atoms with van der Waals surface area (Å²) in [6.07, 6.45) is 2.78. The average molecular weight is 443 g/mol. The minimum Gasteiger partial charge on any atom is -0.376 e. The third kappa shape index (κ3) is 4.11. The summed E-state index contributed by atoms with van der Waals surface area (Å²) in [5.41, 5.74) is 1.74. The van der Waals surface area contributed by atoms with Crippen molar-refractivity contribution < 1.29 is 9.53 Å². The quantitative estimate of drug-likeness (QED) is 0.297. The number of aryl methyl sites for hydroxylation is 2. The van der Waals surface area contributed by atoms with Crippen LogP contribution in [0.25, 0.3) is 10.2 Å². The Labute approximate surface area is 184 Å². The molecule has 1 fully saturated rings. The van der Waals surface area contributed by atoms with Gasteiger partial charge in [0.15, 0.2) is 10.9 Å². The van der Waals surface area contributed by atoms with Gasteiger partial charge in [-0.1, -0.05) is 49.0 Å². The van der Waals surface area contributed by atoms with Crippen LogP contribution >= 0.6 is 23.1 Å². The number of hydrogen-bond donors (Lipinski definition) is 0. The van der Waals surface area contributed by atoms with Crippen LogP contribution in [0.2, 0.25) is 0 Å². The molecule has 5 nitrogen and oxygen atoms in total. The SMILES string of the molecule is CCc1c(C)sc2nc(SC(C)C(=O)c3ccccc3)n(CC3CCCO3)c(=O)c12. The summed E-state index contributed by atoms with van der Waals surface area (Å²) in [4.78, 5) is 33.2. The predicted molar refractivity (Wildman–Crippen MR) is 123 cm³/mol. The van der Waals surface area contributed by atoms with Gasteiger partial charge in [0.05, 0.1) is 23.3 Å². The Kier molecular flexibility index (Phi) is 6.41. The molecule has 0 amide bonds. The summed E-state index contributed by atoms with van der Waals surface area (Å²) < 4.78 is 7.54. The van der Waals surface area contributed by atoms with Crippen LogP contribution in [0, 0.1) is 6.92 Å². The Balaban J connectivity index is 1.75. The number of carbonyl (C=O) groups is 1. The van der Waals surface area contributed by atoms with Gasteiger partial charge in [0.25, 0.3) is 5.56 Å². The summed E-state index contributed by atoms with van der Waals surface area (Å²) in [5.74, 6) is 0.0372. The number of ketones is 1. The first-order valence-corrected chi connectivity index (χ1v) is 12.1. The average Bonchev–Trinajstić information content (AvgIpc) is 3.37. The van der Waals surface area contributed by atoms with Crippen molar-refractivity contribution in [1.29, 1.82) is 0 Å². The highest BCUT2D eigenvalue weighted by Crippen LogP contribution is 2.31. The zero-order valence-corrected chi connectivity index (χ0v) is 19.1. The molecule has 1 saturated heterocycles. The summed E-state index contributed by atoms with van der Waals surface area (Å²) in [6, 6.07) is 9.27. The second-order valence-electron chi connectivity index (χ2n) is 7.61. The highest BCUT2D eigenvalue weighted by atomic mass is 32.2. The van der Waals surface area contributed by atoms with Crippen molar-refractivity contribution in [3.05, 3.63) is 56.7 Å². The molecular weight excluding hydrogens is 416 g/mol. The van der Waals surface area contributed by atoms with Gasteiger partial charge in [0.2, 0.25) is 0 Å². The van der Waals surface area contributed by atoms with Gasteiger partial charge in [-0.05, 0) is 38.7 Å². The second-order valence-corrected chi connectivity index (χ2v) is 10.1. The molecule has 7 heteroatoms. The van der Waals surface area contributed by atoms with E-state index in [1.165, 1.54) is 11.8 Å². The lowest BCUT2D eigenvalue weighted by Gasteiger charge is -2.18. The number of benzene rings is 1. The maximum absolute atomic E-state index is 13.5. The Morgan fingerprint density at radius 2 is 2.13 bits per heavy atom. The number of fused-ring (bicyclic) bond motifs is 1. The van der Waals surface area contributed by atoms with Crippen molar-refractivity contribution in [1.82, 2.24) is 9.55 Å². The van der Waals surface area contributed by atoms with Gasteiger partial charge in [-0.15, -0.1) is 11.3 Å². The Bertz CT molecular complexity index is 1110. The Hall–Kier alpha value is -1.96. The molecule has 1 aliphatic rings. The van der Waals surface area contributed by atoms with E-state index in [0.717, 1.165) is 46.5 Å². The van der Waals surface area contributed by atoms with Crippen LogP contribution in [0.3, 0.4) is 0 Å². The fourth-order valence-electron chi connectivity index (χ4n) is 3.95. The number of carbonyl (C=O) groups excluding carboxylic acids is 1. The largest absolute Gasteiger partial charge is 0.376 e. The van der Waals surface area contributed by atoms with Gasteiger partial charge in [-0.25, -0.2) is 4.98 Å². The van der Waals surface area contributed by atoms with Gasteiger partial charge < -0.3 is 4.74 Å². The van der Waals surface area contributed by atoms with Crippen molar-refractivity contribution in [3.8, 4) is 0 Å². The minimum atomic E-state index is -0.348. The molecule has 4 rings (SSSR count). The molecular formula is C23H26N2O3S2. The lowest BCUT2D eigenvalue weighted by molar-refractivity contribution is 0.0937. The minimum absolute atomic E-state index is 0.0152. The molecule has 0 bridgehead atoms. The molecule has 0 aliphatic carbocycles. The monoisotopic (exact) mass is 442 g/mol. The fraction of sp³-hybridized carbons (Fsp3) is 0.435. The van der Waals surface area contributed by atoms with Crippen molar-refractivity contribution in [3.63, 3.8) is 0 Å². The number of nitrogens with zero attached hydrogens (tertiary/aromatic N) is 2. The number of hydrogen-bond acceptors (Lipinski definition) is 6. The van der Waals surface area contributed by atoms with E-state index >= 15 is 0 Å². The summed E-state index contributed by atoms with van der Waals surface area (Å²) in [6.45, 7) is 7.21. The molecule has 30 heavy (non-hydrogen) atoms. The third-order valence-electron chi connectivity index (χ3n) is 5.55. The highest BCUT2D eigenvalue weighted by Gasteiger charge is 2.25. The fourth-order valence-corrected chi connectivity index (χ4v) is 6.10. The molecule has 1 aromatic carbocycles. The molecule has 0 radical (unpaired) electrons. The summed E-state index contributed by atoms with van der Waals surface area (Å²) in [5, 5.41) is 0.979. The van der Waals surface area contributed by atoms with Crippen molar-refractivity contribution >= 4 is 39.1 Å². The highest BCUT2D eigenvalue weighted by molar-refractivity contribution is 8.00. The van der Waals surface area contributed by atoms with E-state index < -0.39 is 0 Å². The first kappa shape index (κ1) is 21.3. The first-order chi connectivity index (χ1) is 14.5. The van der Waals surface area contributed by atoms with E-state index in [4.69, 9.17) is 9.72 Å². The van der Waals surface area contributed by atoms with Crippen LogP contribution in [0.5, 0.6) is 0 Å². The molecule has 2 atom stereocenters. The van der Waals surface area contributed by atoms with E-state index in [1.54, 1.807) is 15.9 Å². The molecule has 158 valence electrons. The molecule has 3 aromatic rings. The van der Waals surface area contributed by atoms with Crippen molar-refractivity contribution in [2.45, 2.75) is 63.1 Å². The van der Waals surface area contributed by atoms with E-state index in [0.29, 0.717) is 17.3 Å². The zero-order valence-electron chi connectivity index (χ0n) is 17.5. The number of ether oxygens (including phenoxy) is 1. The predicted octanol–water partition coefficient (Wildman–Crippen LogP) is 4.87. The Morgan fingerprint density at radius 3 is 2.80 bits per heavy atom. The van der Waals surface area contributed by atoms with E-state index in [2.05, 4.69) is 6.92 Å². The number of Topliss-reactive ketones (excluding diaryl/α,β-unsaturated/α-hetero) is 1. The van der Waals surface area contributed by atoms with Crippen LogP contribution in [0.1, 0.15) is 47.5 Å². The maximum atomic E-state index is 13.5.